The number of nitrogens with zero attached hydrogens (tertiary/aromatic N) is 2. The smallest absolute Gasteiger partial charge is 0.420 e. The Balaban J connectivity index is 1.79. The number of fused-ring (bicyclic) bond motifs is 3. The summed E-state index contributed by atoms with van der Waals surface area (Å²) in [7, 11) is 0. The number of carbonyl (C=O) groups is 2. The van der Waals surface area contributed by atoms with Gasteiger partial charge in [0.25, 0.3) is 0 Å². The summed E-state index contributed by atoms with van der Waals surface area (Å²) in [6, 6.07) is 16.3. The van der Waals surface area contributed by atoms with Crippen LogP contribution in [0.2, 0.25) is 0 Å². The molecule has 0 fully saturated rings. The van der Waals surface area contributed by atoms with E-state index in [0.29, 0.717) is 22.6 Å². The van der Waals surface area contributed by atoms with Gasteiger partial charge in [0.15, 0.2) is 11.9 Å². The number of rotatable bonds is 3. The minimum atomic E-state index is -1.46. The number of aliphatic hydroxyl groups excluding tert-OH is 1. The molecule has 0 aliphatic heterocycles. The van der Waals surface area contributed by atoms with Crippen LogP contribution in [-0.2, 0) is 11.3 Å². The topological polar surface area (TPSA) is 81.4 Å². The third-order valence-electron chi connectivity index (χ3n) is 4.80. The van der Waals surface area contributed by atoms with Crippen molar-refractivity contribution >= 4 is 11.9 Å². The molecule has 0 amide bonds. The van der Waals surface area contributed by atoms with Crippen LogP contribution in [0, 0.1) is 0 Å². The highest BCUT2D eigenvalue weighted by Gasteiger charge is 2.38. The van der Waals surface area contributed by atoms with Crippen molar-refractivity contribution in [3.05, 3.63) is 77.2 Å². The summed E-state index contributed by atoms with van der Waals surface area (Å²) in [6.45, 7) is 3.88. The quantitative estimate of drug-likeness (QED) is 0.745. The van der Waals surface area contributed by atoms with Gasteiger partial charge in [0, 0.05) is 17.0 Å². The predicted octanol–water partition coefficient (Wildman–Crippen LogP) is 4.09. The second-order valence-electron chi connectivity index (χ2n) is 7.05. The second-order valence-corrected chi connectivity index (χ2v) is 7.05. The largest absolute Gasteiger partial charge is 0.444 e. The van der Waals surface area contributed by atoms with Gasteiger partial charge in [-0.1, -0.05) is 68.4 Å². The normalized spacial score (nSPS) is 15.3. The molecule has 1 aliphatic rings. The van der Waals surface area contributed by atoms with Crippen LogP contribution in [-0.4, -0.2) is 26.5 Å². The van der Waals surface area contributed by atoms with Gasteiger partial charge >= 0.3 is 6.09 Å². The highest BCUT2D eigenvalue weighted by Crippen LogP contribution is 2.39. The van der Waals surface area contributed by atoms with Gasteiger partial charge in [0.05, 0.1) is 11.4 Å². The molecular weight excluding hydrogens is 356 g/mol. The van der Waals surface area contributed by atoms with Crippen molar-refractivity contribution < 1.29 is 19.4 Å². The fourth-order valence-corrected chi connectivity index (χ4v) is 3.44. The molecule has 1 aromatic heterocycles. The average Bonchev–Trinajstić information content (AvgIpc) is 3.12. The van der Waals surface area contributed by atoms with E-state index >= 15 is 0 Å². The van der Waals surface area contributed by atoms with Crippen LogP contribution in [0.4, 0.5) is 4.79 Å². The lowest BCUT2D eigenvalue weighted by Gasteiger charge is -2.21. The summed E-state index contributed by atoms with van der Waals surface area (Å²) >= 11 is 0. The zero-order valence-corrected chi connectivity index (χ0v) is 15.6. The molecule has 6 nitrogen and oxygen atoms in total. The van der Waals surface area contributed by atoms with E-state index in [4.69, 9.17) is 4.74 Å². The lowest BCUT2D eigenvalue weighted by molar-refractivity contribution is 0.0725. The number of ether oxygens (including phenoxy) is 1. The molecule has 0 saturated heterocycles. The summed E-state index contributed by atoms with van der Waals surface area (Å²) in [4.78, 5) is 30.2. The second kappa shape index (κ2) is 7.05. The van der Waals surface area contributed by atoms with Crippen molar-refractivity contribution in [2.45, 2.75) is 32.5 Å². The third kappa shape index (κ3) is 2.92. The number of imidazole rings is 1. The molecule has 6 heteroatoms. The maximum atomic E-state index is 12.9. The number of hydrogen-bond acceptors (Lipinski definition) is 5. The number of Topliss-reactive ketones (excluding diaryl/α,β-unsaturated/α-hetero) is 1. The Morgan fingerprint density at radius 2 is 1.75 bits per heavy atom. The first-order valence-corrected chi connectivity index (χ1v) is 9.14. The molecule has 0 saturated carbocycles. The monoisotopic (exact) mass is 376 g/mol. The Morgan fingerprint density at radius 3 is 2.43 bits per heavy atom. The Kier molecular flexibility index (Phi) is 4.57. The van der Waals surface area contributed by atoms with Crippen LogP contribution in [0.25, 0.3) is 11.3 Å². The lowest BCUT2D eigenvalue weighted by atomic mass is 9.89. The first kappa shape index (κ1) is 18.1. The Morgan fingerprint density at radius 1 is 1.11 bits per heavy atom. The molecule has 0 bridgehead atoms. The van der Waals surface area contributed by atoms with Crippen molar-refractivity contribution in [2.75, 3.05) is 0 Å². The summed E-state index contributed by atoms with van der Waals surface area (Å²) in [5, 5.41) is 10.7. The van der Waals surface area contributed by atoms with E-state index < -0.39 is 18.0 Å². The van der Waals surface area contributed by atoms with Gasteiger partial charge in [-0.25, -0.2) is 14.3 Å². The summed E-state index contributed by atoms with van der Waals surface area (Å²) in [5.74, 6) is -0.105. The van der Waals surface area contributed by atoms with Crippen molar-refractivity contribution in [2.24, 2.45) is 0 Å². The molecule has 142 valence electrons. The molecule has 0 spiro atoms. The minimum absolute atomic E-state index is 0.0881. The van der Waals surface area contributed by atoms with Crippen LogP contribution in [0.5, 0.6) is 0 Å². The van der Waals surface area contributed by atoms with E-state index in [1.807, 2.05) is 44.2 Å². The fourth-order valence-electron chi connectivity index (χ4n) is 3.44. The summed E-state index contributed by atoms with van der Waals surface area (Å²) in [6.07, 6.45) is -2.12. The highest BCUT2D eigenvalue weighted by atomic mass is 16.5. The van der Waals surface area contributed by atoms with Crippen LogP contribution >= 0.6 is 0 Å². The molecule has 3 aromatic rings. The summed E-state index contributed by atoms with van der Waals surface area (Å²) in [5.41, 5.74) is 2.48. The van der Waals surface area contributed by atoms with Gasteiger partial charge in [0.1, 0.15) is 12.4 Å². The molecule has 2 aromatic carbocycles. The molecular formula is C22H20N2O4. The number of ketones is 1. The predicted molar refractivity (Wildman–Crippen MR) is 103 cm³/mol. The number of aromatic nitrogens is 2. The van der Waals surface area contributed by atoms with E-state index in [2.05, 4.69) is 4.98 Å². The van der Waals surface area contributed by atoms with Crippen molar-refractivity contribution in [3.63, 3.8) is 0 Å². The van der Waals surface area contributed by atoms with Gasteiger partial charge in [-0.15, -0.1) is 0 Å². The zero-order chi connectivity index (χ0) is 19.8. The van der Waals surface area contributed by atoms with Crippen LogP contribution < -0.4 is 0 Å². The standard InChI is InChI=1S/C22H20N2O4/c1-13(2)21-23-17-15-10-6-7-11-16(15)19(25)20(26)18(17)24(21)22(27)28-12-14-8-4-3-5-9-14/h3-11,13,20,26H,12H2,1-2H3. The zero-order valence-electron chi connectivity index (χ0n) is 15.6. The number of benzene rings is 2. The van der Waals surface area contributed by atoms with E-state index in [1.165, 1.54) is 4.57 Å². The van der Waals surface area contributed by atoms with Crippen molar-refractivity contribution in [1.29, 1.82) is 0 Å². The molecule has 1 atom stereocenters. The average molecular weight is 376 g/mol. The number of hydrogen-bond donors (Lipinski definition) is 1. The van der Waals surface area contributed by atoms with Gasteiger partial charge < -0.3 is 9.84 Å². The van der Waals surface area contributed by atoms with Crippen LogP contribution in [0.3, 0.4) is 0 Å². The van der Waals surface area contributed by atoms with Crippen LogP contribution in [0.1, 0.15) is 53.3 Å². The highest BCUT2D eigenvalue weighted by molar-refractivity contribution is 6.09. The van der Waals surface area contributed by atoms with E-state index in [0.717, 1.165) is 5.56 Å². The molecule has 0 radical (unpaired) electrons. The Labute approximate surface area is 162 Å². The number of carbonyl (C=O) groups excluding carboxylic acids is 2. The minimum Gasteiger partial charge on any atom is -0.444 e. The van der Waals surface area contributed by atoms with Crippen molar-refractivity contribution in [3.8, 4) is 11.3 Å². The molecule has 1 unspecified atom stereocenters. The van der Waals surface area contributed by atoms with Gasteiger partial charge in [-0.3, -0.25) is 4.79 Å². The van der Waals surface area contributed by atoms with Gasteiger partial charge in [0.2, 0.25) is 0 Å². The van der Waals surface area contributed by atoms with Crippen LogP contribution in [0.15, 0.2) is 54.6 Å². The SMILES string of the molecule is CC(C)c1nc2c(n1C(=O)OCc1ccccc1)C(O)C(=O)c1ccccc1-2. The number of aliphatic hydroxyl groups is 1. The third-order valence-corrected chi connectivity index (χ3v) is 4.80. The maximum Gasteiger partial charge on any atom is 0.420 e. The molecule has 1 heterocycles. The van der Waals surface area contributed by atoms with Crippen molar-refractivity contribution in [1.82, 2.24) is 9.55 Å². The summed E-state index contributed by atoms with van der Waals surface area (Å²) < 4.78 is 6.71. The molecule has 1 aliphatic carbocycles. The first-order chi connectivity index (χ1) is 13.5. The lowest BCUT2D eigenvalue weighted by Crippen LogP contribution is -2.26. The molecule has 1 N–H and O–H groups in total. The molecule has 28 heavy (non-hydrogen) atoms. The van der Waals surface area contributed by atoms with E-state index in [-0.39, 0.29) is 18.2 Å². The van der Waals surface area contributed by atoms with E-state index in [9.17, 15) is 14.7 Å². The molecule has 4 rings (SSSR count). The Hall–Kier alpha value is -3.25. The van der Waals surface area contributed by atoms with Gasteiger partial charge in [-0.2, -0.15) is 0 Å². The maximum absolute atomic E-state index is 12.9. The Bertz CT molecular complexity index is 1050. The fraction of sp³-hybridized carbons (Fsp3) is 0.227. The van der Waals surface area contributed by atoms with Gasteiger partial charge in [-0.05, 0) is 5.56 Å². The first-order valence-electron chi connectivity index (χ1n) is 9.14. The van der Waals surface area contributed by atoms with E-state index in [1.54, 1.807) is 24.3 Å².